The van der Waals surface area contributed by atoms with E-state index in [2.05, 4.69) is 27.9 Å². The highest BCUT2D eigenvalue weighted by Gasteiger charge is 1.90. The molecule has 0 aromatic rings. The van der Waals surface area contributed by atoms with E-state index in [1.165, 1.54) is 0 Å². The van der Waals surface area contributed by atoms with Gasteiger partial charge in [0, 0.05) is 12.6 Å². The van der Waals surface area contributed by atoms with Crippen molar-refractivity contribution in [2.75, 3.05) is 6.54 Å². The maximum Gasteiger partial charge on any atom is 0.244 e. The molecule has 9 heavy (non-hydrogen) atoms. The predicted molar refractivity (Wildman–Crippen MR) is 46.5 cm³/mol. The first-order valence-electron chi connectivity index (χ1n) is 2.78. The number of likely N-dealkylation sites (N-methyl/N-ethyl adjacent to an activating group) is 1. The molecule has 0 aliphatic rings. The highest BCUT2D eigenvalue weighted by molar-refractivity contribution is 14.1. The number of allylic oxidation sites excluding steroid dienone is 1. The molecule has 0 aromatic heterocycles. The summed E-state index contributed by atoms with van der Waals surface area (Å²) in [6.07, 6.45) is 1.57. The molecule has 3 heteroatoms. The molecule has 0 heterocycles. The van der Waals surface area contributed by atoms with Crippen molar-refractivity contribution < 1.29 is 4.79 Å². The maximum absolute atomic E-state index is 10.7. The lowest BCUT2D eigenvalue weighted by Gasteiger charge is -1.93. The number of rotatable bonds is 2. The summed E-state index contributed by atoms with van der Waals surface area (Å²) >= 11 is 2.10. The predicted octanol–water partition coefficient (Wildman–Crippen LogP) is 1.46. The Morgan fingerprint density at radius 2 is 2.33 bits per heavy atom. The normalized spacial score (nSPS) is 11.2. The number of carbonyl (C=O) groups excluding carboxylic acids is 1. The van der Waals surface area contributed by atoms with Crippen molar-refractivity contribution >= 4 is 28.5 Å². The van der Waals surface area contributed by atoms with E-state index in [1.54, 1.807) is 6.08 Å². The SMILES string of the molecule is CCNC(=O)/C=C(\C)I. The number of nitrogens with one attached hydrogen (secondary N) is 1. The Balaban J connectivity index is 3.63. The van der Waals surface area contributed by atoms with Crippen molar-refractivity contribution in [3.05, 3.63) is 9.66 Å². The van der Waals surface area contributed by atoms with Crippen LogP contribution in [-0.4, -0.2) is 12.5 Å². The van der Waals surface area contributed by atoms with Crippen LogP contribution in [-0.2, 0) is 4.79 Å². The summed E-state index contributed by atoms with van der Waals surface area (Å²) in [5.41, 5.74) is 0. The molecule has 52 valence electrons. The number of hydrogen-bond acceptors (Lipinski definition) is 1. The fourth-order valence-corrected chi connectivity index (χ4v) is 0.689. The quantitative estimate of drug-likeness (QED) is 0.573. The van der Waals surface area contributed by atoms with Crippen LogP contribution in [0, 0.1) is 0 Å². The first kappa shape index (κ1) is 8.94. The van der Waals surface area contributed by atoms with Gasteiger partial charge in [-0.25, -0.2) is 0 Å². The molecule has 0 aromatic carbocycles. The van der Waals surface area contributed by atoms with E-state index in [9.17, 15) is 4.79 Å². The van der Waals surface area contributed by atoms with E-state index in [1.807, 2.05) is 13.8 Å². The smallest absolute Gasteiger partial charge is 0.244 e. The van der Waals surface area contributed by atoms with E-state index >= 15 is 0 Å². The van der Waals surface area contributed by atoms with Crippen molar-refractivity contribution in [3.63, 3.8) is 0 Å². The van der Waals surface area contributed by atoms with Gasteiger partial charge in [0.2, 0.25) is 5.91 Å². The fourth-order valence-electron chi connectivity index (χ4n) is 0.406. The summed E-state index contributed by atoms with van der Waals surface area (Å²) in [6.45, 7) is 4.48. The van der Waals surface area contributed by atoms with Crippen LogP contribution in [0.3, 0.4) is 0 Å². The molecule has 1 amide bonds. The third-order valence-electron chi connectivity index (χ3n) is 0.681. The van der Waals surface area contributed by atoms with Crippen molar-refractivity contribution in [3.8, 4) is 0 Å². The molecule has 0 fully saturated rings. The lowest BCUT2D eigenvalue weighted by atomic mass is 10.5. The Bertz CT molecular complexity index is 127. The molecular weight excluding hydrogens is 229 g/mol. The molecular formula is C6H10INO. The lowest BCUT2D eigenvalue weighted by molar-refractivity contribution is -0.116. The van der Waals surface area contributed by atoms with Gasteiger partial charge in [-0.15, -0.1) is 0 Å². The second-order valence-corrected chi connectivity index (χ2v) is 3.33. The van der Waals surface area contributed by atoms with Gasteiger partial charge in [0.05, 0.1) is 0 Å². The first-order valence-corrected chi connectivity index (χ1v) is 3.86. The zero-order valence-corrected chi connectivity index (χ0v) is 7.73. The molecule has 1 N–H and O–H groups in total. The second kappa shape index (κ2) is 4.78. The van der Waals surface area contributed by atoms with Gasteiger partial charge in [-0.05, 0) is 40.0 Å². The summed E-state index contributed by atoms with van der Waals surface area (Å²) < 4.78 is 0.999. The Labute approximate surface area is 68.8 Å². The maximum atomic E-state index is 10.7. The van der Waals surface area contributed by atoms with Gasteiger partial charge in [-0.1, -0.05) is 0 Å². The van der Waals surface area contributed by atoms with Crippen LogP contribution in [0.5, 0.6) is 0 Å². The zero-order chi connectivity index (χ0) is 7.28. The molecule has 0 radical (unpaired) electrons. The molecule has 0 aliphatic heterocycles. The number of amides is 1. The molecule has 0 unspecified atom stereocenters. The standard InChI is InChI=1S/C6H10INO/c1-3-8-6(9)4-5(2)7/h4H,3H2,1-2H3,(H,8,9)/b5-4+. The van der Waals surface area contributed by atoms with Crippen molar-refractivity contribution in [2.24, 2.45) is 0 Å². The summed E-state index contributed by atoms with van der Waals surface area (Å²) in [5, 5.41) is 2.66. The fraction of sp³-hybridized carbons (Fsp3) is 0.500. The average Bonchev–Trinajstić information content (AvgIpc) is 1.63. The van der Waals surface area contributed by atoms with Crippen LogP contribution >= 0.6 is 22.6 Å². The van der Waals surface area contributed by atoms with E-state index in [0.717, 1.165) is 3.58 Å². The minimum Gasteiger partial charge on any atom is -0.353 e. The van der Waals surface area contributed by atoms with Crippen LogP contribution in [0.15, 0.2) is 9.66 Å². The molecule has 0 aliphatic carbocycles. The summed E-state index contributed by atoms with van der Waals surface area (Å²) in [6, 6.07) is 0. The average molecular weight is 239 g/mol. The van der Waals surface area contributed by atoms with E-state index in [-0.39, 0.29) is 5.91 Å². The number of hydrogen-bond donors (Lipinski definition) is 1. The monoisotopic (exact) mass is 239 g/mol. The van der Waals surface area contributed by atoms with Gasteiger partial charge in [0.15, 0.2) is 0 Å². The van der Waals surface area contributed by atoms with Crippen LogP contribution in [0.25, 0.3) is 0 Å². The second-order valence-electron chi connectivity index (χ2n) is 1.63. The van der Waals surface area contributed by atoms with Crippen LogP contribution in [0.4, 0.5) is 0 Å². The van der Waals surface area contributed by atoms with Crippen molar-refractivity contribution in [1.82, 2.24) is 5.32 Å². The van der Waals surface area contributed by atoms with E-state index in [0.29, 0.717) is 6.54 Å². The largest absolute Gasteiger partial charge is 0.353 e. The van der Waals surface area contributed by atoms with Crippen LogP contribution < -0.4 is 5.32 Å². The van der Waals surface area contributed by atoms with Gasteiger partial charge in [0.25, 0.3) is 0 Å². The molecule has 0 rings (SSSR count). The highest BCUT2D eigenvalue weighted by atomic mass is 127. The Kier molecular flexibility index (Phi) is 4.75. The summed E-state index contributed by atoms with van der Waals surface area (Å²) in [5.74, 6) is -0.00981. The molecule has 0 saturated heterocycles. The Hall–Kier alpha value is -0.0600. The van der Waals surface area contributed by atoms with Gasteiger partial charge < -0.3 is 5.32 Å². The number of halogens is 1. The minimum absolute atomic E-state index is 0.00981. The van der Waals surface area contributed by atoms with Crippen LogP contribution in [0.2, 0.25) is 0 Å². The van der Waals surface area contributed by atoms with Gasteiger partial charge >= 0.3 is 0 Å². The summed E-state index contributed by atoms with van der Waals surface area (Å²) in [7, 11) is 0. The Morgan fingerprint density at radius 1 is 1.78 bits per heavy atom. The molecule has 0 bridgehead atoms. The van der Waals surface area contributed by atoms with Gasteiger partial charge in [-0.2, -0.15) is 0 Å². The molecule has 0 saturated carbocycles. The first-order chi connectivity index (χ1) is 4.16. The van der Waals surface area contributed by atoms with Gasteiger partial charge in [-0.3, -0.25) is 4.79 Å². The summed E-state index contributed by atoms with van der Waals surface area (Å²) in [4.78, 5) is 10.7. The zero-order valence-electron chi connectivity index (χ0n) is 5.57. The molecule has 0 atom stereocenters. The Morgan fingerprint density at radius 3 is 2.67 bits per heavy atom. The van der Waals surface area contributed by atoms with Crippen molar-refractivity contribution in [1.29, 1.82) is 0 Å². The van der Waals surface area contributed by atoms with E-state index in [4.69, 9.17) is 0 Å². The third-order valence-corrected chi connectivity index (χ3v) is 0.992. The number of carbonyl (C=O) groups is 1. The van der Waals surface area contributed by atoms with Crippen LogP contribution in [0.1, 0.15) is 13.8 Å². The minimum atomic E-state index is -0.00981. The van der Waals surface area contributed by atoms with Gasteiger partial charge in [0.1, 0.15) is 0 Å². The molecule has 0 spiro atoms. The van der Waals surface area contributed by atoms with E-state index < -0.39 is 0 Å². The topological polar surface area (TPSA) is 29.1 Å². The highest BCUT2D eigenvalue weighted by Crippen LogP contribution is 2.00. The third kappa shape index (κ3) is 5.82. The lowest BCUT2D eigenvalue weighted by Crippen LogP contribution is -2.19. The van der Waals surface area contributed by atoms with Crippen molar-refractivity contribution in [2.45, 2.75) is 13.8 Å². The molecule has 2 nitrogen and oxygen atoms in total.